The molecular formula is C17H30N8O8S. The molecule has 16 nitrogen and oxygen atoms in total. The number of nitrogens with one attached hydrogen (secondary N) is 3. The molecule has 0 rings (SSSR count). The van der Waals surface area contributed by atoms with Crippen LogP contribution in [0.25, 0.3) is 0 Å². The van der Waals surface area contributed by atoms with Gasteiger partial charge < -0.3 is 49.1 Å². The number of carbonyl (C=O) groups excluding carboxylic acids is 4. The number of hydrogen-bond donors (Lipinski definition) is 10. The molecule has 0 bridgehead atoms. The molecule has 0 radical (unpaired) electrons. The van der Waals surface area contributed by atoms with E-state index < -0.39 is 72.6 Å². The molecule has 0 aliphatic heterocycles. The number of hydrogen-bond acceptors (Lipinski definition) is 9. The molecule has 0 saturated carbocycles. The Hall–Kier alpha value is -3.60. The molecule has 0 heterocycles. The minimum atomic E-state index is -1.74. The molecule has 0 aromatic rings. The molecule has 13 N–H and O–H groups in total. The van der Waals surface area contributed by atoms with E-state index in [9.17, 15) is 28.8 Å². The van der Waals surface area contributed by atoms with Gasteiger partial charge >= 0.3 is 11.9 Å². The van der Waals surface area contributed by atoms with Gasteiger partial charge in [-0.05, 0) is 12.8 Å². The van der Waals surface area contributed by atoms with E-state index in [1.165, 1.54) is 0 Å². The maximum Gasteiger partial charge on any atom is 0.326 e. The molecule has 0 saturated heterocycles. The van der Waals surface area contributed by atoms with Crippen LogP contribution in [0.4, 0.5) is 0 Å². The number of aliphatic carboxylic acids is 2. The van der Waals surface area contributed by atoms with E-state index in [0.29, 0.717) is 6.42 Å². The van der Waals surface area contributed by atoms with Crippen molar-refractivity contribution in [2.45, 2.75) is 49.9 Å². The lowest BCUT2D eigenvalue weighted by molar-refractivity contribution is -0.144. The number of carbonyl (C=O) groups is 6. The minimum absolute atomic E-state index is 0.117. The zero-order valence-electron chi connectivity index (χ0n) is 18.1. The molecule has 4 amide bonds. The van der Waals surface area contributed by atoms with Crippen LogP contribution in [0, 0.1) is 0 Å². The van der Waals surface area contributed by atoms with Gasteiger partial charge in [-0.1, -0.05) is 0 Å². The van der Waals surface area contributed by atoms with Crippen molar-refractivity contribution in [1.29, 1.82) is 0 Å². The van der Waals surface area contributed by atoms with Gasteiger partial charge in [0, 0.05) is 12.3 Å². The monoisotopic (exact) mass is 506 g/mol. The van der Waals surface area contributed by atoms with Crippen LogP contribution in [0.3, 0.4) is 0 Å². The summed E-state index contributed by atoms with van der Waals surface area (Å²) in [6.07, 6.45) is -1.12. The number of carboxylic acid groups (broad SMARTS) is 2. The highest BCUT2D eigenvalue weighted by molar-refractivity contribution is 7.80. The molecule has 0 spiro atoms. The molecule has 192 valence electrons. The second kappa shape index (κ2) is 15.3. The fourth-order valence-corrected chi connectivity index (χ4v) is 2.71. The van der Waals surface area contributed by atoms with Crippen molar-refractivity contribution < 1.29 is 39.0 Å². The normalized spacial score (nSPS) is 13.9. The Morgan fingerprint density at radius 3 is 1.82 bits per heavy atom. The molecule has 0 fully saturated rings. The summed E-state index contributed by atoms with van der Waals surface area (Å²) in [5.74, 6) is -7.35. The molecule has 0 aromatic carbocycles. The summed E-state index contributed by atoms with van der Waals surface area (Å²) < 4.78 is 0. The van der Waals surface area contributed by atoms with Crippen molar-refractivity contribution in [3.05, 3.63) is 0 Å². The molecule has 17 heteroatoms. The van der Waals surface area contributed by atoms with Crippen LogP contribution in [-0.4, -0.2) is 88.2 Å². The summed E-state index contributed by atoms with van der Waals surface area (Å²) in [6, 6.07) is -5.79. The van der Waals surface area contributed by atoms with Gasteiger partial charge in [-0.15, -0.1) is 0 Å². The number of amides is 4. The highest BCUT2D eigenvalue weighted by Crippen LogP contribution is 2.01. The number of thiol groups is 1. The summed E-state index contributed by atoms with van der Waals surface area (Å²) >= 11 is 3.96. The van der Waals surface area contributed by atoms with Gasteiger partial charge in [-0.2, -0.15) is 12.6 Å². The predicted octanol–water partition coefficient (Wildman–Crippen LogP) is -4.81. The summed E-state index contributed by atoms with van der Waals surface area (Å²) in [4.78, 5) is 74.2. The lowest BCUT2D eigenvalue weighted by Gasteiger charge is -2.23. The van der Waals surface area contributed by atoms with Crippen LogP contribution in [0.5, 0.6) is 0 Å². The SMILES string of the molecule is NC(=O)CC(NC(=O)C(CC(=O)O)NC(=O)C(CS)NC(=O)C(N)CCCN=C(N)N)C(=O)O. The molecule has 0 aromatic heterocycles. The quantitative estimate of drug-likeness (QED) is 0.0410. The first-order valence-corrected chi connectivity index (χ1v) is 10.5. The Kier molecular flexibility index (Phi) is 13.7. The Bertz CT molecular complexity index is 804. The number of nitrogens with two attached hydrogens (primary N) is 4. The number of carboxylic acids is 2. The van der Waals surface area contributed by atoms with Crippen molar-refractivity contribution >= 4 is 54.2 Å². The van der Waals surface area contributed by atoms with Crippen LogP contribution in [-0.2, 0) is 28.8 Å². The zero-order valence-corrected chi connectivity index (χ0v) is 19.0. The van der Waals surface area contributed by atoms with Crippen molar-refractivity contribution in [2.24, 2.45) is 27.9 Å². The maximum absolute atomic E-state index is 12.5. The van der Waals surface area contributed by atoms with Gasteiger partial charge in [-0.25, -0.2) is 4.79 Å². The van der Waals surface area contributed by atoms with Crippen molar-refractivity contribution in [2.75, 3.05) is 12.3 Å². The number of rotatable bonds is 16. The second-order valence-corrected chi connectivity index (χ2v) is 7.39. The first-order valence-electron chi connectivity index (χ1n) is 9.84. The number of primary amides is 1. The average molecular weight is 507 g/mol. The third-order valence-corrected chi connectivity index (χ3v) is 4.52. The Balaban J connectivity index is 5.18. The lowest BCUT2D eigenvalue weighted by atomic mass is 10.1. The Labute approximate surface area is 199 Å². The van der Waals surface area contributed by atoms with Gasteiger partial charge in [0.15, 0.2) is 5.96 Å². The molecule has 4 unspecified atom stereocenters. The fraction of sp³-hybridized carbons (Fsp3) is 0.588. The van der Waals surface area contributed by atoms with E-state index in [0.717, 1.165) is 0 Å². The minimum Gasteiger partial charge on any atom is -0.481 e. The van der Waals surface area contributed by atoms with Crippen LogP contribution in [0.15, 0.2) is 4.99 Å². The number of guanidine groups is 1. The van der Waals surface area contributed by atoms with Gasteiger partial charge in [0.05, 0.1) is 18.9 Å². The van der Waals surface area contributed by atoms with Crippen LogP contribution in [0.2, 0.25) is 0 Å². The van der Waals surface area contributed by atoms with E-state index in [4.69, 9.17) is 33.1 Å². The molecule has 34 heavy (non-hydrogen) atoms. The highest BCUT2D eigenvalue weighted by atomic mass is 32.1. The predicted molar refractivity (Wildman–Crippen MR) is 121 cm³/mol. The smallest absolute Gasteiger partial charge is 0.326 e. The number of aliphatic imine (C=N–C) groups is 1. The van der Waals surface area contributed by atoms with E-state index >= 15 is 0 Å². The zero-order chi connectivity index (χ0) is 26.4. The van der Waals surface area contributed by atoms with Gasteiger partial charge in [0.25, 0.3) is 0 Å². The van der Waals surface area contributed by atoms with Gasteiger partial charge in [0.2, 0.25) is 23.6 Å². The Morgan fingerprint density at radius 2 is 1.35 bits per heavy atom. The van der Waals surface area contributed by atoms with Gasteiger partial charge in [-0.3, -0.25) is 29.0 Å². The third kappa shape index (κ3) is 12.4. The third-order valence-electron chi connectivity index (χ3n) is 4.15. The van der Waals surface area contributed by atoms with E-state index in [1.807, 2.05) is 5.32 Å². The molecule has 0 aliphatic carbocycles. The maximum atomic E-state index is 12.5. The molecule has 4 atom stereocenters. The lowest BCUT2D eigenvalue weighted by Crippen LogP contribution is -2.58. The summed E-state index contributed by atoms with van der Waals surface area (Å²) in [5, 5.41) is 24.5. The number of nitrogens with zero attached hydrogens (tertiary/aromatic N) is 1. The van der Waals surface area contributed by atoms with Crippen LogP contribution in [0.1, 0.15) is 25.7 Å². The van der Waals surface area contributed by atoms with Crippen LogP contribution < -0.4 is 38.9 Å². The first-order chi connectivity index (χ1) is 15.8. The largest absolute Gasteiger partial charge is 0.481 e. The van der Waals surface area contributed by atoms with Crippen LogP contribution >= 0.6 is 12.6 Å². The summed E-state index contributed by atoms with van der Waals surface area (Å²) in [5.41, 5.74) is 21.1. The Morgan fingerprint density at radius 1 is 0.824 bits per heavy atom. The van der Waals surface area contributed by atoms with E-state index in [-0.39, 0.29) is 24.7 Å². The first kappa shape index (κ1) is 30.4. The summed E-state index contributed by atoms with van der Waals surface area (Å²) in [6.45, 7) is 0.235. The standard InChI is InChI=1S/C17H30N8O8S/c18-7(2-1-3-22-17(20)21)13(29)25-10(6-34)15(31)23-8(5-12(27)28)14(30)24-9(16(32)33)4-11(19)26/h7-10,34H,1-6,18H2,(H2,19,26)(H,23,31)(H,24,30)(H,25,29)(H,27,28)(H,32,33)(H4,20,21,22). The second-order valence-electron chi connectivity index (χ2n) is 7.03. The molecular weight excluding hydrogens is 476 g/mol. The average Bonchev–Trinajstić information content (AvgIpc) is 2.72. The van der Waals surface area contributed by atoms with Crippen molar-refractivity contribution in [3.8, 4) is 0 Å². The molecule has 0 aliphatic rings. The topological polar surface area (TPSA) is 295 Å². The fourth-order valence-electron chi connectivity index (χ4n) is 2.45. The van der Waals surface area contributed by atoms with Crippen molar-refractivity contribution in [3.63, 3.8) is 0 Å². The van der Waals surface area contributed by atoms with Crippen molar-refractivity contribution in [1.82, 2.24) is 16.0 Å². The highest BCUT2D eigenvalue weighted by Gasteiger charge is 2.31. The van der Waals surface area contributed by atoms with E-state index in [2.05, 4.69) is 28.3 Å². The van der Waals surface area contributed by atoms with Gasteiger partial charge in [0.1, 0.15) is 18.1 Å². The summed E-state index contributed by atoms with van der Waals surface area (Å²) in [7, 11) is 0. The van der Waals surface area contributed by atoms with E-state index in [1.54, 1.807) is 0 Å².